The molecule has 0 aliphatic heterocycles. The van der Waals surface area contributed by atoms with Crippen molar-refractivity contribution in [2.45, 2.75) is 162 Å². The van der Waals surface area contributed by atoms with Gasteiger partial charge in [0, 0.05) is 0 Å². The molecular formula is C40H80. The highest BCUT2D eigenvalue weighted by atomic mass is 14.4. The van der Waals surface area contributed by atoms with Crippen molar-refractivity contribution in [3.05, 3.63) is 0 Å². The van der Waals surface area contributed by atoms with Gasteiger partial charge < -0.3 is 0 Å². The van der Waals surface area contributed by atoms with E-state index in [1.165, 1.54) is 51.4 Å². The predicted molar refractivity (Wildman–Crippen MR) is 184 cm³/mol. The molecule has 12 atom stereocenters. The first-order chi connectivity index (χ1) is 18.5. The van der Waals surface area contributed by atoms with E-state index in [1.807, 2.05) is 0 Å². The van der Waals surface area contributed by atoms with Gasteiger partial charge in [-0.1, -0.05) is 162 Å². The summed E-state index contributed by atoms with van der Waals surface area (Å²) in [7, 11) is 0. The van der Waals surface area contributed by atoms with Crippen LogP contribution in [0.25, 0.3) is 0 Å². The molecule has 0 nitrogen and oxygen atoms in total. The molecule has 0 heteroatoms. The second kappa shape index (κ2) is 18.0. The van der Waals surface area contributed by atoms with Gasteiger partial charge in [-0.2, -0.15) is 0 Å². The minimum absolute atomic E-state index is 0.896. The molecule has 0 amide bonds. The SMILES string of the molecule is CC(C)C1[C@H](C)CC[C@@H]1C.CC(C)C1[C@H](C)CC[C@@H]1C.CC(C)C1[C@H](C)CC[C@@H]1C.CC(C)C1[C@H](C)CC[C@@H]1C. The number of rotatable bonds is 4. The van der Waals surface area contributed by atoms with Crippen LogP contribution < -0.4 is 0 Å². The third-order valence-corrected chi connectivity index (χ3v) is 12.6. The minimum Gasteiger partial charge on any atom is -0.0625 e. The van der Waals surface area contributed by atoms with Crippen molar-refractivity contribution in [2.24, 2.45) is 94.7 Å². The average molecular weight is 561 g/mol. The monoisotopic (exact) mass is 561 g/mol. The maximum absolute atomic E-state index is 2.41. The summed E-state index contributed by atoms with van der Waals surface area (Å²) >= 11 is 0. The maximum atomic E-state index is 2.41. The first kappa shape index (κ1) is 38.0. The van der Waals surface area contributed by atoms with Crippen LogP contribution in [0.2, 0.25) is 0 Å². The van der Waals surface area contributed by atoms with Gasteiger partial charge >= 0.3 is 0 Å². The van der Waals surface area contributed by atoms with Gasteiger partial charge in [-0.25, -0.2) is 0 Å². The molecule has 240 valence electrons. The Kier molecular flexibility index (Phi) is 17.1. The van der Waals surface area contributed by atoms with Crippen LogP contribution in [0.5, 0.6) is 0 Å². The highest BCUT2D eigenvalue weighted by Crippen LogP contribution is 2.43. The summed E-state index contributed by atoms with van der Waals surface area (Å²) in [5, 5.41) is 0. The third-order valence-electron chi connectivity index (χ3n) is 12.6. The molecule has 0 aromatic carbocycles. The van der Waals surface area contributed by atoms with E-state index >= 15 is 0 Å². The van der Waals surface area contributed by atoms with E-state index in [9.17, 15) is 0 Å². The zero-order valence-corrected chi connectivity index (χ0v) is 30.9. The molecule has 40 heavy (non-hydrogen) atoms. The molecule has 4 unspecified atom stereocenters. The maximum Gasteiger partial charge on any atom is -0.0340 e. The van der Waals surface area contributed by atoms with Crippen molar-refractivity contribution in [1.29, 1.82) is 0 Å². The van der Waals surface area contributed by atoms with Crippen LogP contribution in [0, 0.1) is 94.7 Å². The first-order valence-electron chi connectivity index (χ1n) is 18.5. The molecule has 4 aliphatic rings. The highest BCUT2D eigenvalue weighted by molar-refractivity contribution is 4.84. The minimum atomic E-state index is 0.896. The zero-order chi connectivity index (χ0) is 30.9. The van der Waals surface area contributed by atoms with Gasteiger partial charge in [0.05, 0.1) is 0 Å². The Balaban J connectivity index is 0.000000267. The van der Waals surface area contributed by atoms with Crippen LogP contribution in [0.1, 0.15) is 162 Å². The Morgan fingerprint density at radius 1 is 0.250 bits per heavy atom. The van der Waals surface area contributed by atoms with Gasteiger partial charge in [0.25, 0.3) is 0 Å². The lowest BCUT2D eigenvalue weighted by Crippen LogP contribution is -2.17. The Hall–Kier alpha value is 0. The zero-order valence-electron chi connectivity index (χ0n) is 30.9. The van der Waals surface area contributed by atoms with E-state index < -0.39 is 0 Å². The van der Waals surface area contributed by atoms with Gasteiger partial charge in [-0.15, -0.1) is 0 Å². The molecule has 0 saturated heterocycles. The summed E-state index contributed by atoms with van der Waals surface area (Å²) < 4.78 is 0. The predicted octanol–water partition coefficient (Wildman–Crippen LogP) is 13.3. The van der Waals surface area contributed by atoms with Crippen molar-refractivity contribution in [1.82, 2.24) is 0 Å². The summed E-state index contributed by atoms with van der Waals surface area (Å²) in [6, 6.07) is 0. The molecule has 0 heterocycles. The summed E-state index contributed by atoms with van der Waals surface area (Å²) in [6.45, 7) is 38.2. The van der Waals surface area contributed by atoms with E-state index in [4.69, 9.17) is 0 Å². The molecule has 4 saturated carbocycles. The van der Waals surface area contributed by atoms with Crippen LogP contribution in [0.3, 0.4) is 0 Å². The molecule has 4 fully saturated rings. The normalized spacial score (nSPS) is 41.1. The average Bonchev–Trinajstić information content (AvgIpc) is 3.56. The van der Waals surface area contributed by atoms with E-state index in [1.54, 1.807) is 0 Å². The van der Waals surface area contributed by atoms with Gasteiger partial charge in [0.15, 0.2) is 0 Å². The largest absolute Gasteiger partial charge is 0.0625 e. The van der Waals surface area contributed by atoms with Crippen molar-refractivity contribution >= 4 is 0 Å². The Morgan fingerprint density at radius 3 is 0.400 bits per heavy atom. The highest BCUT2D eigenvalue weighted by Gasteiger charge is 2.34. The Labute approximate surface area is 256 Å². The molecule has 4 rings (SSSR count). The summed E-state index contributed by atoms with van der Waals surface area (Å²) in [5.74, 6) is 15.4. The lowest BCUT2D eigenvalue weighted by molar-refractivity contribution is 0.256. The van der Waals surface area contributed by atoms with Gasteiger partial charge in [-0.3, -0.25) is 0 Å². The van der Waals surface area contributed by atoms with Crippen LogP contribution in [-0.2, 0) is 0 Å². The Morgan fingerprint density at radius 2 is 0.350 bits per heavy atom. The standard InChI is InChI=1S/4C10H20/c4*1-7(2)10-8(3)5-6-9(10)4/h4*7-10H,5-6H2,1-4H3/t4*8-,9+,10?. The fourth-order valence-corrected chi connectivity index (χ4v) is 11.1. The van der Waals surface area contributed by atoms with E-state index in [2.05, 4.69) is 111 Å². The molecule has 0 spiro atoms. The number of hydrogen-bond donors (Lipinski definition) is 0. The molecule has 4 aliphatic carbocycles. The fraction of sp³-hybridized carbons (Fsp3) is 1.00. The van der Waals surface area contributed by atoms with Crippen molar-refractivity contribution in [2.75, 3.05) is 0 Å². The molecule has 0 radical (unpaired) electrons. The van der Waals surface area contributed by atoms with Crippen LogP contribution in [0.15, 0.2) is 0 Å². The second-order valence-electron chi connectivity index (χ2n) is 17.4. The quantitative estimate of drug-likeness (QED) is 0.321. The Bertz CT molecular complexity index is 490. The fourth-order valence-electron chi connectivity index (χ4n) is 11.1. The van der Waals surface area contributed by atoms with Crippen molar-refractivity contribution < 1.29 is 0 Å². The third kappa shape index (κ3) is 11.3. The lowest BCUT2D eigenvalue weighted by Gasteiger charge is -2.23. The van der Waals surface area contributed by atoms with E-state index in [0.717, 1.165) is 94.7 Å². The van der Waals surface area contributed by atoms with Gasteiger partial charge in [0.1, 0.15) is 0 Å². The summed E-state index contributed by atoms with van der Waals surface area (Å²) in [4.78, 5) is 0. The van der Waals surface area contributed by atoms with Crippen LogP contribution in [-0.4, -0.2) is 0 Å². The molecule has 0 N–H and O–H groups in total. The van der Waals surface area contributed by atoms with E-state index in [0.29, 0.717) is 0 Å². The smallest absolute Gasteiger partial charge is 0.0340 e. The van der Waals surface area contributed by atoms with Gasteiger partial charge in [-0.05, 0) is 94.7 Å². The topological polar surface area (TPSA) is 0 Å². The molecular weight excluding hydrogens is 480 g/mol. The molecule has 0 aromatic heterocycles. The molecule has 0 aromatic rings. The van der Waals surface area contributed by atoms with Crippen LogP contribution in [0.4, 0.5) is 0 Å². The summed E-state index contributed by atoms with van der Waals surface area (Å²) in [5.41, 5.74) is 0. The van der Waals surface area contributed by atoms with E-state index in [-0.39, 0.29) is 0 Å². The number of hydrogen-bond acceptors (Lipinski definition) is 0. The molecule has 0 bridgehead atoms. The van der Waals surface area contributed by atoms with Crippen molar-refractivity contribution in [3.8, 4) is 0 Å². The van der Waals surface area contributed by atoms with Gasteiger partial charge in [0.2, 0.25) is 0 Å². The lowest BCUT2D eigenvalue weighted by atomic mass is 9.82. The first-order valence-corrected chi connectivity index (χ1v) is 18.5. The van der Waals surface area contributed by atoms with Crippen LogP contribution >= 0.6 is 0 Å². The summed E-state index contributed by atoms with van der Waals surface area (Å²) in [6.07, 6.45) is 11.7. The van der Waals surface area contributed by atoms with Crippen molar-refractivity contribution in [3.63, 3.8) is 0 Å². The second-order valence-corrected chi connectivity index (χ2v) is 17.4.